The zero-order valence-electron chi connectivity index (χ0n) is 43.0. The van der Waals surface area contributed by atoms with Crippen molar-refractivity contribution in [2.75, 3.05) is 53.0 Å². The summed E-state index contributed by atoms with van der Waals surface area (Å²) in [5, 5.41) is 8.54. The number of rotatable bonds is 26. The fraction of sp³-hybridized carbons (Fsp3) is 0.600. The molecule has 2 fully saturated rings. The standard InChI is InChI=1S/C55H75F3N6O8/c1-8-38(2)51(67)61-49(53(69)64-32-21-28-46(64)37-62(42(6)65)33-30-44-24-15-12-16-25-44)41(5)72-35-18-10-9-17-34-71-40(4)48(60-52(68)39(3)59-7)50(66)47-29-19-27-45(47)36-63(54(70)55(56,57)58)31-20-26-43-22-13-11-14-23-43/h11-16,22-25,38-41,45-49,59H,8,19-21,26-37H2,1-7H3,(H,60,68)(H,61,67)/t38-,39+,40-,41-,45+,46+,47?,48+,49+/m1/s1. The highest BCUT2D eigenvalue weighted by molar-refractivity contribution is 5.93. The third-order valence-electron chi connectivity index (χ3n) is 13.9. The van der Waals surface area contributed by atoms with Crippen molar-refractivity contribution >= 4 is 35.3 Å². The molecular formula is C55H75F3N6O8. The summed E-state index contributed by atoms with van der Waals surface area (Å²) in [5.74, 6) is 5.88. The molecule has 3 N–H and O–H groups in total. The van der Waals surface area contributed by atoms with Gasteiger partial charge in [-0.3, -0.25) is 28.8 Å². The molecule has 1 heterocycles. The molecule has 1 saturated carbocycles. The van der Waals surface area contributed by atoms with Gasteiger partial charge in [0.15, 0.2) is 5.78 Å². The fourth-order valence-corrected chi connectivity index (χ4v) is 9.14. The Morgan fingerprint density at radius 2 is 1.33 bits per heavy atom. The molecule has 394 valence electrons. The van der Waals surface area contributed by atoms with E-state index < -0.39 is 65.9 Å². The van der Waals surface area contributed by atoms with Crippen LogP contribution in [0.1, 0.15) is 97.6 Å². The molecule has 0 bridgehead atoms. The second kappa shape index (κ2) is 29.7. The molecule has 4 rings (SSSR count). The number of ether oxygens (including phenoxy) is 2. The number of halogens is 3. The van der Waals surface area contributed by atoms with Crippen molar-refractivity contribution in [1.82, 2.24) is 30.7 Å². The van der Waals surface area contributed by atoms with E-state index in [-0.39, 0.29) is 56.0 Å². The summed E-state index contributed by atoms with van der Waals surface area (Å²) >= 11 is 0. The minimum atomic E-state index is -5.08. The first-order valence-corrected chi connectivity index (χ1v) is 25.4. The SMILES string of the molecule is CC[C@@H](C)C(=O)N[C@H](C(=O)N1CCC[C@H]1CN(CCc1ccccc1)C(C)=O)[C@@H](C)OCC#CC#CCO[C@H](C)[C@H](NC(=O)[C@H](C)NC)C(=O)C1CCC[C@H]1CN(CCCc1ccccc1)C(=O)C(F)(F)F. The number of aryl methyl sites for hydroxylation is 1. The smallest absolute Gasteiger partial charge is 0.363 e. The first-order valence-electron chi connectivity index (χ1n) is 25.4. The van der Waals surface area contributed by atoms with Crippen LogP contribution in [0.3, 0.4) is 0 Å². The maximum absolute atomic E-state index is 14.3. The number of hydrogen-bond acceptors (Lipinski definition) is 9. The van der Waals surface area contributed by atoms with Crippen LogP contribution in [0, 0.1) is 41.4 Å². The average molecular weight is 1010 g/mol. The van der Waals surface area contributed by atoms with E-state index in [2.05, 4.69) is 39.6 Å². The first kappa shape index (κ1) is 58.8. The Kier molecular flexibility index (Phi) is 24.3. The Balaban J connectivity index is 1.38. The van der Waals surface area contributed by atoms with Crippen molar-refractivity contribution in [1.29, 1.82) is 0 Å². The number of nitrogens with zero attached hydrogens (tertiary/aromatic N) is 3. The molecule has 0 radical (unpaired) electrons. The molecule has 17 heteroatoms. The number of hydrogen-bond donors (Lipinski definition) is 3. The number of nitrogens with one attached hydrogen (secondary N) is 3. The lowest BCUT2D eigenvalue weighted by molar-refractivity contribution is -0.186. The molecule has 2 aromatic rings. The maximum atomic E-state index is 14.3. The summed E-state index contributed by atoms with van der Waals surface area (Å²) in [6.45, 7) is 10.8. The van der Waals surface area contributed by atoms with Crippen molar-refractivity contribution in [3.8, 4) is 23.7 Å². The third kappa shape index (κ3) is 18.4. The van der Waals surface area contributed by atoms with Crippen LogP contribution in [0.25, 0.3) is 0 Å². The molecule has 72 heavy (non-hydrogen) atoms. The van der Waals surface area contributed by atoms with E-state index in [0.717, 1.165) is 22.4 Å². The number of carbonyl (C=O) groups is 6. The van der Waals surface area contributed by atoms with E-state index in [9.17, 15) is 41.9 Å². The highest BCUT2D eigenvalue weighted by Gasteiger charge is 2.46. The van der Waals surface area contributed by atoms with E-state index >= 15 is 0 Å². The van der Waals surface area contributed by atoms with E-state index in [1.165, 1.54) is 6.92 Å². The highest BCUT2D eigenvalue weighted by Crippen LogP contribution is 2.35. The molecule has 2 aliphatic rings. The normalized spacial score (nSPS) is 19.0. The van der Waals surface area contributed by atoms with Crippen molar-refractivity contribution in [2.45, 2.75) is 142 Å². The van der Waals surface area contributed by atoms with Crippen molar-refractivity contribution < 1.29 is 51.4 Å². The Bertz CT molecular complexity index is 2210. The molecule has 1 saturated heterocycles. The fourth-order valence-electron chi connectivity index (χ4n) is 9.14. The van der Waals surface area contributed by atoms with Gasteiger partial charge < -0.3 is 40.1 Å². The second-order valence-corrected chi connectivity index (χ2v) is 19.0. The summed E-state index contributed by atoms with van der Waals surface area (Å²) in [5.41, 5.74) is 2.04. The predicted molar refractivity (Wildman–Crippen MR) is 269 cm³/mol. The Hall–Kier alpha value is -5.75. The van der Waals surface area contributed by atoms with Crippen LogP contribution < -0.4 is 16.0 Å². The van der Waals surface area contributed by atoms with Crippen molar-refractivity contribution in [3.63, 3.8) is 0 Å². The lowest BCUT2D eigenvalue weighted by Crippen LogP contribution is -2.57. The van der Waals surface area contributed by atoms with Crippen LogP contribution in [-0.4, -0.2) is 146 Å². The minimum absolute atomic E-state index is 0.0804. The van der Waals surface area contributed by atoms with Crippen LogP contribution in [0.15, 0.2) is 60.7 Å². The van der Waals surface area contributed by atoms with Gasteiger partial charge in [-0.1, -0.05) is 92.8 Å². The maximum Gasteiger partial charge on any atom is 0.471 e. The van der Waals surface area contributed by atoms with Gasteiger partial charge in [0.2, 0.25) is 23.6 Å². The molecule has 14 nitrogen and oxygen atoms in total. The molecule has 2 aromatic carbocycles. The summed E-state index contributed by atoms with van der Waals surface area (Å²) in [7, 11) is 1.59. The number of carbonyl (C=O) groups excluding carboxylic acids is 6. The van der Waals surface area contributed by atoms with Gasteiger partial charge in [0.05, 0.1) is 18.2 Å². The molecule has 5 amide bonds. The largest absolute Gasteiger partial charge is 0.471 e. The number of ketones is 1. The van der Waals surface area contributed by atoms with Gasteiger partial charge in [0.1, 0.15) is 25.3 Å². The number of benzene rings is 2. The van der Waals surface area contributed by atoms with Gasteiger partial charge in [-0.25, -0.2) is 0 Å². The Morgan fingerprint density at radius 3 is 1.90 bits per heavy atom. The zero-order valence-corrected chi connectivity index (χ0v) is 43.0. The number of alkyl halides is 3. The third-order valence-corrected chi connectivity index (χ3v) is 13.9. The molecule has 0 spiro atoms. The molecular weight excluding hydrogens is 930 g/mol. The van der Waals surface area contributed by atoms with Crippen LogP contribution in [0.5, 0.6) is 0 Å². The predicted octanol–water partition coefficient (Wildman–Crippen LogP) is 5.52. The van der Waals surface area contributed by atoms with Crippen LogP contribution >= 0.6 is 0 Å². The molecule has 9 atom stereocenters. The van der Waals surface area contributed by atoms with Crippen LogP contribution in [0.4, 0.5) is 13.2 Å². The molecule has 0 aromatic heterocycles. The highest BCUT2D eigenvalue weighted by atomic mass is 19.4. The Morgan fingerprint density at radius 1 is 0.750 bits per heavy atom. The van der Waals surface area contributed by atoms with Gasteiger partial charge >= 0.3 is 12.1 Å². The quantitative estimate of drug-likeness (QED) is 0.103. The van der Waals surface area contributed by atoms with Crippen molar-refractivity contribution in [3.05, 3.63) is 71.8 Å². The second-order valence-electron chi connectivity index (χ2n) is 19.0. The lowest BCUT2D eigenvalue weighted by atomic mass is 9.86. The van der Waals surface area contributed by atoms with Gasteiger partial charge in [-0.2, -0.15) is 13.2 Å². The first-order chi connectivity index (χ1) is 34.4. The van der Waals surface area contributed by atoms with E-state index in [4.69, 9.17) is 9.47 Å². The van der Waals surface area contributed by atoms with Gasteiger partial charge in [-0.05, 0) is 108 Å². The van der Waals surface area contributed by atoms with Gasteiger partial charge in [-0.15, -0.1) is 0 Å². The Labute approximate surface area is 424 Å². The monoisotopic (exact) mass is 1000 g/mol. The zero-order chi connectivity index (χ0) is 52.8. The molecule has 1 aliphatic carbocycles. The number of Topliss-reactive ketones (excluding diaryl/α,β-unsaturated/α-hetero) is 1. The van der Waals surface area contributed by atoms with Crippen LogP contribution in [0.2, 0.25) is 0 Å². The van der Waals surface area contributed by atoms with E-state index in [1.54, 1.807) is 44.5 Å². The van der Waals surface area contributed by atoms with Crippen LogP contribution in [-0.2, 0) is 51.1 Å². The lowest BCUT2D eigenvalue weighted by Gasteiger charge is -2.34. The number of likely N-dealkylation sites (tertiary alicyclic amines) is 1. The van der Waals surface area contributed by atoms with Gasteiger partial charge in [0.25, 0.3) is 0 Å². The number of amides is 5. The molecule has 1 aliphatic heterocycles. The number of likely N-dealkylation sites (N-methyl/N-ethyl adjacent to an activating group) is 1. The summed E-state index contributed by atoms with van der Waals surface area (Å²) in [6, 6.07) is 16.1. The molecule has 1 unspecified atom stereocenters. The summed E-state index contributed by atoms with van der Waals surface area (Å²) in [6.07, 6.45) is -1.87. The van der Waals surface area contributed by atoms with E-state index in [0.29, 0.717) is 71.0 Å². The minimum Gasteiger partial charge on any atom is -0.363 e. The topological polar surface area (TPSA) is 167 Å². The van der Waals surface area contributed by atoms with Crippen molar-refractivity contribution in [2.24, 2.45) is 17.8 Å². The van der Waals surface area contributed by atoms with E-state index in [1.807, 2.05) is 67.6 Å². The van der Waals surface area contributed by atoms with Gasteiger partial charge in [0, 0.05) is 57.5 Å². The average Bonchev–Trinajstić information content (AvgIpc) is 4.05. The summed E-state index contributed by atoms with van der Waals surface area (Å²) in [4.78, 5) is 84.6. The summed E-state index contributed by atoms with van der Waals surface area (Å²) < 4.78 is 53.4.